The predicted octanol–water partition coefficient (Wildman–Crippen LogP) is 1.24. The van der Waals surface area contributed by atoms with Crippen molar-refractivity contribution in [3.05, 3.63) is 0 Å². The molecule has 18 heavy (non-hydrogen) atoms. The molecule has 0 radical (unpaired) electrons. The van der Waals surface area contributed by atoms with E-state index in [1.54, 1.807) is 0 Å². The summed E-state index contributed by atoms with van der Waals surface area (Å²) in [4.78, 5) is 13.8. The van der Waals surface area contributed by atoms with Crippen LogP contribution < -0.4 is 5.32 Å². The fraction of sp³-hybridized carbons (Fsp3) is 0.929. The number of amides is 1. The summed E-state index contributed by atoms with van der Waals surface area (Å²) in [5.74, 6) is 1.49. The summed E-state index contributed by atoms with van der Waals surface area (Å²) >= 11 is 0. The first-order valence-corrected chi connectivity index (χ1v) is 7.21. The molecule has 2 N–H and O–H groups in total. The van der Waals surface area contributed by atoms with Gasteiger partial charge in [-0.1, -0.05) is 20.8 Å². The third-order valence-corrected chi connectivity index (χ3v) is 3.86. The zero-order chi connectivity index (χ0) is 13.5. The Morgan fingerprint density at radius 3 is 2.78 bits per heavy atom. The Labute approximate surface area is 111 Å². The van der Waals surface area contributed by atoms with Crippen LogP contribution in [0.25, 0.3) is 0 Å². The topological polar surface area (TPSA) is 52.6 Å². The zero-order valence-electron chi connectivity index (χ0n) is 12.0. The van der Waals surface area contributed by atoms with Gasteiger partial charge in [0.15, 0.2) is 0 Å². The summed E-state index contributed by atoms with van der Waals surface area (Å²) in [7, 11) is 0. The van der Waals surface area contributed by atoms with Crippen molar-refractivity contribution in [2.75, 3.05) is 26.2 Å². The van der Waals surface area contributed by atoms with Gasteiger partial charge in [0.25, 0.3) is 0 Å². The second-order valence-corrected chi connectivity index (χ2v) is 5.63. The summed E-state index contributed by atoms with van der Waals surface area (Å²) in [5.41, 5.74) is 0. The minimum atomic E-state index is -0.454. The lowest BCUT2D eigenvalue weighted by Crippen LogP contribution is -2.41. The van der Waals surface area contributed by atoms with Crippen LogP contribution in [0.2, 0.25) is 0 Å². The molecule has 1 fully saturated rings. The van der Waals surface area contributed by atoms with E-state index in [2.05, 4.69) is 19.2 Å². The van der Waals surface area contributed by atoms with Crippen LogP contribution in [0.5, 0.6) is 0 Å². The van der Waals surface area contributed by atoms with Crippen LogP contribution >= 0.6 is 0 Å². The third kappa shape index (κ3) is 4.94. The number of hydrogen-bond acceptors (Lipinski definition) is 3. The first kappa shape index (κ1) is 15.4. The smallest absolute Gasteiger partial charge is 0.222 e. The van der Waals surface area contributed by atoms with E-state index in [4.69, 9.17) is 0 Å². The molecule has 0 bridgehead atoms. The Balaban J connectivity index is 2.43. The number of β-amino-alcohol motifs (C(OH)–C–C–N with tert-alkyl or cyclic N) is 1. The van der Waals surface area contributed by atoms with Crippen LogP contribution in [-0.2, 0) is 4.79 Å². The van der Waals surface area contributed by atoms with Crippen molar-refractivity contribution in [2.24, 2.45) is 11.8 Å². The summed E-state index contributed by atoms with van der Waals surface area (Å²) in [6, 6.07) is 0. The SMILES string of the molecule is CCNCC(O)CN1CCC(C(C)C)CCC1=O. The van der Waals surface area contributed by atoms with Crippen molar-refractivity contribution in [2.45, 2.75) is 46.1 Å². The summed E-state index contributed by atoms with van der Waals surface area (Å²) in [5, 5.41) is 13.0. The number of carbonyl (C=O) groups excluding carboxylic acids is 1. The Kier molecular flexibility index (Phi) is 6.65. The first-order valence-electron chi connectivity index (χ1n) is 7.21. The number of nitrogens with one attached hydrogen (secondary N) is 1. The average Bonchev–Trinajstić information content (AvgIpc) is 2.50. The molecule has 0 spiro atoms. The zero-order valence-corrected chi connectivity index (χ0v) is 12.0. The van der Waals surface area contributed by atoms with E-state index in [0.29, 0.717) is 31.3 Å². The van der Waals surface area contributed by atoms with E-state index in [1.807, 2.05) is 11.8 Å². The molecule has 1 saturated heterocycles. The van der Waals surface area contributed by atoms with Crippen LogP contribution in [0.15, 0.2) is 0 Å². The lowest BCUT2D eigenvalue weighted by Gasteiger charge is -2.24. The lowest BCUT2D eigenvalue weighted by atomic mass is 9.89. The maximum absolute atomic E-state index is 12.0. The van der Waals surface area contributed by atoms with Crippen molar-refractivity contribution in [1.29, 1.82) is 0 Å². The van der Waals surface area contributed by atoms with Gasteiger partial charge in [0.2, 0.25) is 5.91 Å². The molecule has 1 heterocycles. The van der Waals surface area contributed by atoms with E-state index in [-0.39, 0.29) is 5.91 Å². The number of likely N-dealkylation sites (N-methyl/N-ethyl adjacent to an activating group) is 1. The molecule has 4 nitrogen and oxygen atoms in total. The number of aliphatic hydroxyl groups excluding tert-OH is 1. The van der Waals surface area contributed by atoms with Crippen molar-refractivity contribution in [3.8, 4) is 0 Å². The van der Waals surface area contributed by atoms with Gasteiger partial charge in [0.05, 0.1) is 6.10 Å². The second kappa shape index (κ2) is 7.74. The Bertz CT molecular complexity index is 256. The van der Waals surface area contributed by atoms with Gasteiger partial charge in [-0.3, -0.25) is 4.79 Å². The molecule has 2 unspecified atom stereocenters. The maximum Gasteiger partial charge on any atom is 0.222 e. The molecule has 4 heteroatoms. The Morgan fingerprint density at radius 1 is 1.44 bits per heavy atom. The van der Waals surface area contributed by atoms with Gasteiger partial charge in [-0.05, 0) is 31.2 Å². The van der Waals surface area contributed by atoms with Crippen LogP contribution in [0, 0.1) is 11.8 Å². The minimum absolute atomic E-state index is 0.202. The highest BCUT2D eigenvalue weighted by atomic mass is 16.3. The number of rotatable bonds is 6. The van der Waals surface area contributed by atoms with Crippen LogP contribution in [-0.4, -0.2) is 48.2 Å². The number of likely N-dealkylation sites (tertiary alicyclic amines) is 1. The molecule has 2 atom stereocenters. The molecule has 1 amide bonds. The third-order valence-electron chi connectivity index (χ3n) is 3.86. The highest BCUT2D eigenvalue weighted by molar-refractivity contribution is 5.76. The van der Waals surface area contributed by atoms with E-state index >= 15 is 0 Å². The average molecular weight is 256 g/mol. The van der Waals surface area contributed by atoms with E-state index in [9.17, 15) is 9.90 Å². The monoisotopic (exact) mass is 256 g/mol. The molecule has 0 aromatic rings. The van der Waals surface area contributed by atoms with Crippen molar-refractivity contribution < 1.29 is 9.90 Å². The molecule has 1 aliphatic rings. The molecule has 0 aromatic carbocycles. The number of hydrogen-bond donors (Lipinski definition) is 2. The Hall–Kier alpha value is -0.610. The van der Waals surface area contributed by atoms with Crippen LogP contribution in [0.1, 0.15) is 40.0 Å². The lowest BCUT2D eigenvalue weighted by molar-refractivity contribution is -0.132. The van der Waals surface area contributed by atoms with E-state index in [0.717, 1.165) is 25.9 Å². The van der Waals surface area contributed by atoms with Gasteiger partial charge >= 0.3 is 0 Å². The normalized spacial score (nSPS) is 23.3. The van der Waals surface area contributed by atoms with Crippen LogP contribution in [0.3, 0.4) is 0 Å². The van der Waals surface area contributed by atoms with Crippen molar-refractivity contribution in [3.63, 3.8) is 0 Å². The molecule has 0 aliphatic carbocycles. The fourth-order valence-corrected chi connectivity index (χ4v) is 2.55. The fourth-order valence-electron chi connectivity index (χ4n) is 2.55. The minimum Gasteiger partial charge on any atom is -0.390 e. The predicted molar refractivity (Wildman–Crippen MR) is 73.3 cm³/mol. The first-order chi connectivity index (χ1) is 8.54. The highest BCUT2D eigenvalue weighted by Gasteiger charge is 2.25. The van der Waals surface area contributed by atoms with E-state index < -0.39 is 6.10 Å². The molecule has 0 saturated carbocycles. The van der Waals surface area contributed by atoms with Crippen molar-refractivity contribution >= 4 is 5.91 Å². The quantitative estimate of drug-likeness (QED) is 0.752. The number of carbonyl (C=O) groups is 1. The van der Waals surface area contributed by atoms with Gasteiger partial charge in [-0.15, -0.1) is 0 Å². The van der Waals surface area contributed by atoms with Crippen molar-refractivity contribution in [1.82, 2.24) is 10.2 Å². The highest BCUT2D eigenvalue weighted by Crippen LogP contribution is 2.25. The molecule has 0 aromatic heterocycles. The number of aliphatic hydroxyl groups is 1. The van der Waals surface area contributed by atoms with Gasteiger partial charge in [-0.25, -0.2) is 0 Å². The van der Waals surface area contributed by atoms with Gasteiger partial charge < -0.3 is 15.3 Å². The molecular formula is C14H28N2O2. The second-order valence-electron chi connectivity index (χ2n) is 5.63. The molecule has 106 valence electrons. The van der Waals surface area contributed by atoms with Crippen LogP contribution in [0.4, 0.5) is 0 Å². The Morgan fingerprint density at radius 2 is 2.17 bits per heavy atom. The van der Waals surface area contributed by atoms with Gasteiger partial charge in [0.1, 0.15) is 0 Å². The van der Waals surface area contributed by atoms with E-state index in [1.165, 1.54) is 0 Å². The van der Waals surface area contributed by atoms with Gasteiger partial charge in [0, 0.05) is 26.1 Å². The molecule has 1 rings (SSSR count). The van der Waals surface area contributed by atoms with Gasteiger partial charge in [-0.2, -0.15) is 0 Å². The summed E-state index contributed by atoms with van der Waals surface area (Å²) < 4.78 is 0. The standard InChI is InChI=1S/C14H28N2O2/c1-4-15-9-13(17)10-16-8-7-12(11(2)3)5-6-14(16)18/h11-13,15,17H,4-10H2,1-3H3. The summed E-state index contributed by atoms with van der Waals surface area (Å²) in [6.07, 6.45) is 2.24. The molecular weight excluding hydrogens is 228 g/mol. The molecule has 1 aliphatic heterocycles. The largest absolute Gasteiger partial charge is 0.390 e. The summed E-state index contributed by atoms with van der Waals surface area (Å²) in [6.45, 7) is 9.14. The number of nitrogens with zero attached hydrogens (tertiary/aromatic N) is 1. The maximum atomic E-state index is 12.0.